The largest absolute Gasteiger partial charge is 0.496 e. The second-order valence-corrected chi connectivity index (χ2v) is 8.31. The van der Waals surface area contributed by atoms with Crippen LogP contribution in [0, 0.1) is 5.92 Å². The fraction of sp³-hybridized carbons (Fsp3) is 0.533. The van der Waals surface area contributed by atoms with E-state index in [2.05, 4.69) is 0 Å². The van der Waals surface area contributed by atoms with E-state index >= 15 is 0 Å². The van der Waals surface area contributed by atoms with Crippen molar-refractivity contribution < 1.29 is 18.8 Å². The van der Waals surface area contributed by atoms with E-state index in [-0.39, 0.29) is 11.4 Å². The average molecular weight is 298 g/mol. The van der Waals surface area contributed by atoms with Crippen LogP contribution in [0.1, 0.15) is 31.1 Å². The number of ether oxygens (including phenoxy) is 2. The zero-order valence-corrected chi connectivity index (χ0v) is 13.7. The van der Waals surface area contributed by atoms with Crippen LogP contribution in [-0.2, 0) is 4.57 Å². The minimum Gasteiger partial charge on any atom is -0.496 e. The van der Waals surface area contributed by atoms with Crippen molar-refractivity contribution in [1.82, 2.24) is 0 Å². The number of methoxy groups -OCH3 is 2. The molecule has 0 amide bonds. The zero-order valence-electron chi connectivity index (χ0n) is 12.8. The fourth-order valence-corrected chi connectivity index (χ4v) is 4.73. The highest BCUT2D eigenvalue weighted by Crippen LogP contribution is 2.52. The molecule has 1 unspecified atom stereocenters. The summed E-state index contributed by atoms with van der Waals surface area (Å²) in [7, 11) is 0.0334. The molecule has 0 N–H and O–H groups in total. The molecule has 0 aliphatic rings. The quantitative estimate of drug-likeness (QED) is 0.717. The molecule has 0 heterocycles. The highest BCUT2D eigenvalue weighted by molar-refractivity contribution is 7.81. The highest BCUT2D eigenvalue weighted by Gasteiger charge is 2.35. The van der Waals surface area contributed by atoms with Gasteiger partial charge in [0.25, 0.3) is 0 Å². The Hall–Kier alpha value is -1.28. The molecule has 1 aromatic rings. The van der Waals surface area contributed by atoms with Crippen molar-refractivity contribution in [3.05, 3.63) is 23.8 Å². The number of hydrogen-bond acceptors (Lipinski definition) is 4. The Kier molecular flexibility index (Phi) is 5.82. The van der Waals surface area contributed by atoms with Gasteiger partial charge in [-0.15, -0.1) is 0 Å². The molecule has 0 radical (unpaired) electrons. The van der Waals surface area contributed by atoms with Crippen LogP contribution in [-0.4, -0.2) is 32.1 Å². The summed E-state index contributed by atoms with van der Waals surface area (Å²) in [6.45, 7) is 5.73. The van der Waals surface area contributed by atoms with Crippen molar-refractivity contribution in [2.24, 2.45) is 5.92 Å². The van der Waals surface area contributed by atoms with Crippen molar-refractivity contribution in [2.45, 2.75) is 20.8 Å². The Labute approximate surface area is 120 Å². The molecule has 5 heteroatoms. The van der Waals surface area contributed by atoms with Gasteiger partial charge in [0.15, 0.2) is 7.14 Å². The van der Waals surface area contributed by atoms with Crippen LogP contribution in [0.5, 0.6) is 11.5 Å². The van der Waals surface area contributed by atoms with Gasteiger partial charge in [0, 0.05) is 12.3 Å². The molecular formula is C15H23O4P. The fourth-order valence-electron chi connectivity index (χ4n) is 2.21. The van der Waals surface area contributed by atoms with E-state index in [1.165, 1.54) is 14.2 Å². The van der Waals surface area contributed by atoms with Gasteiger partial charge in [0.2, 0.25) is 5.52 Å². The lowest BCUT2D eigenvalue weighted by atomic mass is 10.2. The molecular weight excluding hydrogens is 275 g/mol. The molecule has 0 aliphatic heterocycles. The van der Waals surface area contributed by atoms with Crippen LogP contribution in [0.3, 0.4) is 0 Å². The predicted molar refractivity (Wildman–Crippen MR) is 81.7 cm³/mol. The number of carbonyl (C=O) groups excluding carboxylic acids is 1. The highest BCUT2D eigenvalue weighted by atomic mass is 31.2. The van der Waals surface area contributed by atoms with Crippen molar-refractivity contribution in [3.63, 3.8) is 0 Å². The number of benzene rings is 1. The molecule has 0 aliphatic carbocycles. The van der Waals surface area contributed by atoms with E-state index < -0.39 is 7.14 Å². The number of rotatable bonds is 7. The smallest absolute Gasteiger partial charge is 0.228 e. The summed E-state index contributed by atoms with van der Waals surface area (Å²) in [5.41, 5.74) is -0.0497. The predicted octanol–water partition coefficient (Wildman–Crippen LogP) is 3.88. The molecule has 0 saturated carbocycles. The van der Waals surface area contributed by atoms with Crippen molar-refractivity contribution in [1.29, 1.82) is 0 Å². The van der Waals surface area contributed by atoms with Gasteiger partial charge in [-0.3, -0.25) is 4.79 Å². The summed E-state index contributed by atoms with van der Waals surface area (Å²) in [5.74, 6) is 1.02. The average Bonchev–Trinajstić information content (AvgIpc) is 2.44. The van der Waals surface area contributed by atoms with Gasteiger partial charge in [-0.1, -0.05) is 26.8 Å². The third-order valence-electron chi connectivity index (χ3n) is 3.18. The van der Waals surface area contributed by atoms with Gasteiger partial charge in [0.1, 0.15) is 17.1 Å². The maximum atomic E-state index is 13.0. The van der Waals surface area contributed by atoms with Crippen molar-refractivity contribution in [3.8, 4) is 11.5 Å². The van der Waals surface area contributed by atoms with Gasteiger partial charge >= 0.3 is 0 Å². The number of carbonyl (C=O) groups is 1. The van der Waals surface area contributed by atoms with Crippen LogP contribution >= 0.6 is 7.14 Å². The van der Waals surface area contributed by atoms with E-state index in [4.69, 9.17) is 9.47 Å². The maximum Gasteiger partial charge on any atom is 0.228 e. The summed E-state index contributed by atoms with van der Waals surface area (Å²) < 4.78 is 23.4. The lowest BCUT2D eigenvalue weighted by Crippen LogP contribution is -2.12. The molecule has 4 nitrogen and oxygen atoms in total. The Morgan fingerprint density at radius 2 is 1.70 bits per heavy atom. The molecule has 0 aromatic heterocycles. The maximum absolute atomic E-state index is 13.0. The normalized spacial score (nSPS) is 13.9. The molecule has 1 atom stereocenters. The van der Waals surface area contributed by atoms with Crippen LogP contribution in [0.15, 0.2) is 18.2 Å². The van der Waals surface area contributed by atoms with Crippen molar-refractivity contribution >= 4 is 12.7 Å². The summed E-state index contributed by atoms with van der Waals surface area (Å²) in [4.78, 5) is 12.8. The molecule has 0 saturated heterocycles. The summed E-state index contributed by atoms with van der Waals surface area (Å²) in [5, 5.41) is 0. The SMILES string of the molecule is CCP(=O)(CC(C)C)C(=O)c1c(OC)cccc1OC. The summed E-state index contributed by atoms with van der Waals surface area (Å²) >= 11 is 0. The second kappa shape index (κ2) is 6.94. The molecule has 1 aromatic carbocycles. The third kappa shape index (κ3) is 3.43. The Morgan fingerprint density at radius 1 is 1.20 bits per heavy atom. The third-order valence-corrected chi connectivity index (χ3v) is 6.49. The van der Waals surface area contributed by atoms with Crippen LogP contribution < -0.4 is 9.47 Å². The molecule has 0 fully saturated rings. The van der Waals surface area contributed by atoms with Crippen LogP contribution in [0.2, 0.25) is 0 Å². The summed E-state index contributed by atoms with van der Waals surface area (Å²) in [6, 6.07) is 5.12. The lowest BCUT2D eigenvalue weighted by molar-refractivity contribution is 0.106. The molecule has 0 spiro atoms. The molecule has 0 bridgehead atoms. The van der Waals surface area contributed by atoms with Crippen LogP contribution in [0.25, 0.3) is 0 Å². The zero-order chi connectivity index (χ0) is 15.3. The van der Waals surface area contributed by atoms with Gasteiger partial charge in [-0.05, 0) is 18.1 Å². The lowest BCUT2D eigenvalue weighted by Gasteiger charge is -2.20. The van der Waals surface area contributed by atoms with E-state index in [0.717, 1.165) is 0 Å². The van der Waals surface area contributed by atoms with E-state index in [9.17, 15) is 9.36 Å². The Morgan fingerprint density at radius 3 is 2.05 bits per heavy atom. The topological polar surface area (TPSA) is 52.6 Å². The minimum absolute atomic E-state index is 0.199. The van der Waals surface area contributed by atoms with Gasteiger partial charge in [0.05, 0.1) is 14.2 Å². The van der Waals surface area contributed by atoms with E-state index in [1.807, 2.05) is 13.8 Å². The van der Waals surface area contributed by atoms with E-state index in [0.29, 0.717) is 29.4 Å². The van der Waals surface area contributed by atoms with Gasteiger partial charge in [-0.25, -0.2) is 0 Å². The monoisotopic (exact) mass is 298 g/mol. The van der Waals surface area contributed by atoms with Gasteiger partial charge in [-0.2, -0.15) is 0 Å². The molecule has 112 valence electrons. The summed E-state index contributed by atoms with van der Waals surface area (Å²) in [6.07, 6.45) is 0.759. The number of hydrogen-bond donors (Lipinski definition) is 0. The van der Waals surface area contributed by atoms with Crippen LogP contribution in [0.4, 0.5) is 0 Å². The van der Waals surface area contributed by atoms with E-state index in [1.54, 1.807) is 25.1 Å². The Bertz CT molecular complexity index is 500. The standard InChI is InChI=1S/C15H23O4P/c1-6-20(17,10-11(2)3)15(16)14-12(18-4)8-7-9-13(14)19-5/h7-9,11H,6,10H2,1-5H3. The second-order valence-electron chi connectivity index (χ2n) is 5.12. The molecule has 1 rings (SSSR count). The first-order valence-electron chi connectivity index (χ1n) is 6.73. The first kappa shape index (κ1) is 16.8. The minimum atomic E-state index is -2.95. The molecule has 20 heavy (non-hydrogen) atoms. The Balaban J connectivity index is 3.35. The first-order chi connectivity index (χ1) is 9.39. The van der Waals surface area contributed by atoms with Crippen molar-refractivity contribution in [2.75, 3.05) is 26.5 Å². The first-order valence-corrected chi connectivity index (χ1v) is 8.81. The van der Waals surface area contributed by atoms with Gasteiger partial charge < -0.3 is 14.0 Å².